The molecule has 0 amide bonds. The van der Waals surface area contributed by atoms with Crippen molar-refractivity contribution in [2.45, 2.75) is 20.3 Å². The van der Waals surface area contributed by atoms with Crippen LogP contribution in [0.1, 0.15) is 20.3 Å². The molecule has 1 heteroatoms. The van der Waals surface area contributed by atoms with E-state index in [0.717, 1.165) is 5.92 Å². The normalized spacial score (nSPS) is 13.3. The molecule has 54 valence electrons. The van der Waals surface area contributed by atoms with Crippen molar-refractivity contribution >= 4 is 15.5 Å². The van der Waals surface area contributed by atoms with Gasteiger partial charge in [0.25, 0.3) is 0 Å². The lowest BCUT2D eigenvalue weighted by atomic mass is 10.2. The van der Waals surface area contributed by atoms with Crippen molar-refractivity contribution in [1.29, 1.82) is 0 Å². The third-order valence-corrected chi connectivity index (χ3v) is 2.59. The van der Waals surface area contributed by atoms with Gasteiger partial charge in [-0.2, -0.15) is 0 Å². The quantitative estimate of drug-likeness (QED) is 0.534. The first-order chi connectivity index (χ1) is 4.16. The van der Waals surface area contributed by atoms with Crippen LogP contribution in [0.15, 0.2) is 6.58 Å². The number of rotatable bonds is 3. The van der Waals surface area contributed by atoms with Crippen LogP contribution in [-0.4, -0.2) is 17.0 Å². The van der Waals surface area contributed by atoms with E-state index >= 15 is 0 Å². The van der Waals surface area contributed by atoms with Crippen molar-refractivity contribution in [2.24, 2.45) is 5.92 Å². The van der Waals surface area contributed by atoms with E-state index in [4.69, 9.17) is 0 Å². The molecule has 0 heterocycles. The van der Waals surface area contributed by atoms with Crippen LogP contribution in [0.2, 0.25) is 0 Å². The average Bonchev–Trinajstić information content (AvgIpc) is 1.83. The predicted molar refractivity (Wildman–Crippen MR) is 48.5 cm³/mol. The van der Waals surface area contributed by atoms with Crippen molar-refractivity contribution in [3.8, 4) is 0 Å². The summed E-state index contributed by atoms with van der Waals surface area (Å²) in [6.45, 7) is 8.13. The molecule has 0 aromatic rings. The van der Waals surface area contributed by atoms with Gasteiger partial charge >= 0.3 is 0 Å². The lowest BCUT2D eigenvalue weighted by molar-refractivity contribution is 0.632. The van der Waals surface area contributed by atoms with Gasteiger partial charge < -0.3 is 0 Å². The molecule has 0 N–H and O–H groups in total. The highest BCUT2D eigenvalue weighted by Crippen LogP contribution is 2.09. The van der Waals surface area contributed by atoms with Crippen LogP contribution in [0.3, 0.4) is 0 Å². The summed E-state index contributed by atoms with van der Waals surface area (Å²) in [7, 11) is 0.341. The van der Waals surface area contributed by atoms with Gasteiger partial charge in [0.1, 0.15) is 0 Å². The Morgan fingerprint density at radius 2 is 2.11 bits per heavy atom. The van der Waals surface area contributed by atoms with E-state index in [-0.39, 0.29) is 0 Å². The molecule has 0 aromatic carbocycles. The zero-order valence-electron chi connectivity index (χ0n) is 6.61. The molecular formula is C8H16S. The lowest BCUT2D eigenvalue weighted by Crippen LogP contribution is -1.89. The monoisotopic (exact) mass is 144 g/mol. The van der Waals surface area contributed by atoms with Crippen LogP contribution < -0.4 is 0 Å². The van der Waals surface area contributed by atoms with E-state index in [1.165, 1.54) is 12.2 Å². The van der Waals surface area contributed by atoms with Crippen LogP contribution in [0.4, 0.5) is 0 Å². The minimum atomic E-state index is 0.341. The van der Waals surface area contributed by atoms with Crippen LogP contribution in [0.5, 0.6) is 0 Å². The molecule has 0 radical (unpaired) electrons. The van der Waals surface area contributed by atoms with Crippen molar-refractivity contribution in [3.63, 3.8) is 0 Å². The summed E-state index contributed by atoms with van der Waals surface area (Å²) < 4.78 is 0. The van der Waals surface area contributed by atoms with Gasteiger partial charge in [-0.25, -0.2) is 0 Å². The molecule has 0 aromatic heterocycles. The van der Waals surface area contributed by atoms with Gasteiger partial charge in [-0.1, -0.05) is 25.4 Å². The molecule has 0 aliphatic rings. The van der Waals surface area contributed by atoms with Gasteiger partial charge in [-0.3, -0.25) is 0 Å². The molecule has 1 unspecified atom stereocenters. The zero-order valence-corrected chi connectivity index (χ0v) is 7.42. The smallest absolute Gasteiger partial charge is 0.00481 e. The fraction of sp³-hybridized carbons (Fsp3) is 0.750. The first-order valence-corrected chi connectivity index (χ1v) is 5.12. The second kappa shape index (κ2) is 4.84. The van der Waals surface area contributed by atoms with Crippen molar-refractivity contribution in [3.05, 3.63) is 6.58 Å². The molecule has 0 saturated carbocycles. The highest BCUT2D eigenvalue weighted by atomic mass is 32.2. The van der Waals surface area contributed by atoms with E-state index in [2.05, 4.69) is 31.7 Å². The maximum atomic E-state index is 3.63. The Kier molecular flexibility index (Phi) is 4.84. The van der Waals surface area contributed by atoms with Gasteiger partial charge in [0.15, 0.2) is 0 Å². The second-order valence-electron chi connectivity index (χ2n) is 2.67. The molecule has 0 bridgehead atoms. The number of hydrogen-bond donors (Lipinski definition) is 0. The van der Waals surface area contributed by atoms with Crippen LogP contribution in [0.25, 0.3) is 0 Å². The largest absolute Gasteiger partial charge is 0.147 e. The van der Waals surface area contributed by atoms with Crippen LogP contribution >= 0.6 is 10.5 Å². The Morgan fingerprint density at radius 3 is 2.44 bits per heavy atom. The first-order valence-electron chi connectivity index (χ1n) is 3.32. The summed E-state index contributed by atoms with van der Waals surface area (Å²) in [5.74, 6) is 2.09. The molecule has 9 heavy (non-hydrogen) atoms. The maximum Gasteiger partial charge on any atom is -0.00481 e. The van der Waals surface area contributed by atoms with Crippen LogP contribution in [0, 0.1) is 5.92 Å². The standard InChI is InChI=1S/C8H16S/c1-5-9(4)7-6-8(2)3/h8H,1,6-7H2,2-4H3. The van der Waals surface area contributed by atoms with E-state index in [1.807, 2.05) is 0 Å². The minimum Gasteiger partial charge on any atom is -0.147 e. The predicted octanol–water partition coefficient (Wildman–Crippen LogP) is 2.52. The Labute approximate surface area is 60.9 Å². The van der Waals surface area contributed by atoms with Gasteiger partial charge in [-0.05, 0) is 24.3 Å². The summed E-state index contributed by atoms with van der Waals surface area (Å²) in [4.78, 5) is 0. The highest BCUT2D eigenvalue weighted by Gasteiger charge is 1.92. The summed E-state index contributed by atoms with van der Waals surface area (Å²) >= 11 is 0. The molecule has 0 rings (SSSR count). The molecular weight excluding hydrogens is 128 g/mol. The topological polar surface area (TPSA) is 0 Å². The van der Waals surface area contributed by atoms with Crippen molar-refractivity contribution < 1.29 is 0 Å². The van der Waals surface area contributed by atoms with E-state index < -0.39 is 0 Å². The van der Waals surface area contributed by atoms with Crippen molar-refractivity contribution in [2.75, 3.05) is 12.0 Å². The van der Waals surface area contributed by atoms with E-state index in [9.17, 15) is 0 Å². The molecule has 0 aliphatic heterocycles. The fourth-order valence-corrected chi connectivity index (χ4v) is 1.45. The summed E-state index contributed by atoms with van der Waals surface area (Å²) in [5, 5.41) is 3.00. The van der Waals surface area contributed by atoms with Crippen LogP contribution in [-0.2, 0) is 0 Å². The lowest BCUT2D eigenvalue weighted by Gasteiger charge is -2.02. The summed E-state index contributed by atoms with van der Waals surface area (Å²) in [5.41, 5.74) is 0. The number of hydrogen-bond acceptors (Lipinski definition) is 0. The van der Waals surface area contributed by atoms with E-state index in [1.54, 1.807) is 0 Å². The Balaban J connectivity index is 3.40. The highest BCUT2D eigenvalue weighted by molar-refractivity contribution is 8.14. The van der Waals surface area contributed by atoms with Gasteiger partial charge in [-0.15, -0.1) is 10.5 Å². The summed E-state index contributed by atoms with van der Waals surface area (Å²) in [6, 6.07) is 0. The average molecular weight is 144 g/mol. The molecule has 0 spiro atoms. The zero-order chi connectivity index (χ0) is 7.28. The SMILES string of the molecule is C=C=S(C)CCC(C)C. The Bertz CT molecular complexity index is 119. The molecule has 0 nitrogen and oxygen atoms in total. The molecule has 1 atom stereocenters. The fourth-order valence-electron chi connectivity index (χ4n) is 0.485. The second-order valence-corrected chi connectivity index (χ2v) is 4.64. The van der Waals surface area contributed by atoms with Gasteiger partial charge in [0.2, 0.25) is 0 Å². The third kappa shape index (κ3) is 5.88. The van der Waals surface area contributed by atoms with Gasteiger partial charge in [0, 0.05) is 0 Å². The molecule has 0 aliphatic carbocycles. The third-order valence-electron chi connectivity index (χ3n) is 1.25. The Morgan fingerprint density at radius 1 is 1.56 bits per heavy atom. The Hall–Kier alpha value is 0. The molecule has 0 fully saturated rings. The van der Waals surface area contributed by atoms with Gasteiger partial charge in [0.05, 0.1) is 0 Å². The summed E-state index contributed by atoms with van der Waals surface area (Å²) in [6.07, 6.45) is 3.50. The first kappa shape index (κ1) is 9.00. The minimum absolute atomic E-state index is 0.341. The van der Waals surface area contributed by atoms with E-state index in [0.29, 0.717) is 10.5 Å². The van der Waals surface area contributed by atoms with Crippen molar-refractivity contribution in [1.82, 2.24) is 0 Å². The molecule has 0 saturated heterocycles. The maximum absolute atomic E-state index is 3.63.